The first-order chi connectivity index (χ1) is 9.93. The summed E-state index contributed by atoms with van der Waals surface area (Å²) in [7, 11) is 4.68. The van der Waals surface area contributed by atoms with Crippen molar-refractivity contribution in [2.24, 2.45) is 0 Å². The van der Waals surface area contributed by atoms with Gasteiger partial charge in [-0.3, -0.25) is 0 Å². The second kappa shape index (κ2) is 7.82. The number of alkyl halides is 1. The van der Waals surface area contributed by atoms with E-state index in [9.17, 15) is 0 Å². The monoisotopic (exact) mass is 442 g/mol. The predicted molar refractivity (Wildman–Crippen MR) is 87.4 cm³/mol. The Labute approximate surface area is 149 Å². The number of piperidine rings is 1. The molecule has 5 heteroatoms. The second-order valence-electron chi connectivity index (χ2n) is 5.99. The Kier molecular flexibility index (Phi) is 6.63. The van der Waals surface area contributed by atoms with Gasteiger partial charge in [0.1, 0.15) is 0 Å². The van der Waals surface area contributed by atoms with E-state index < -0.39 is 0 Å². The Morgan fingerprint density at radius 3 is 2.48 bits per heavy atom. The summed E-state index contributed by atoms with van der Waals surface area (Å²) in [4.78, 5) is 2.48. The molecule has 0 N–H and O–H groups in total. The summed E-state index contributed by atoms with van der Waals surface area (Å²) in [5.41, 5.74) is 1.25. The van der Waals surface area contributed by atoms with Crippen LogP contribution in [0.15, 0.2) is 18.2 Å². The van der Waals surface area contributed by atoms with Gasteiger partial charge in [0.2, 0.25) is 0 Å². The maximum atomic E-state index is 6.11. The number of likely N-dealkylation sites (tertiary alicyclic amines) is 1. The number of quaternary nitrogens is 1. The molecule has 1 heterocycles. The van der Waals surface area contributed by atoms with Crippen molar-refractivity contribution in [3.05, 3.63) is 33.8 Å². The van der Waals surface area contributed by atoms with Gasteiger partial charge in [0.05, 0.1) is 0 Å². The van der Waals surface area contributed by atoms with E-state index in [2.05, 4.69) is 32.0 Å². The van der Waals surface area contributed by atoms with E-state index in [1.165, 1.54) is 38.6 Å². The summed E-state index contributed by atoms with van der Waals surface area (Å²) in [6, 6.07) is 6.67. The minimum absolute atomic E-state index is 0.314. The van der Waals surface area contributed by atoms with Crippen molar-refractivity contribution in [2.45, 2.75) is 32.4 Å². The molecule has 2 rings (SSSR count). The van der Waals surface area contributed by atoms with Crippen molar-refractivity contribution in [1.29, 1.82) is 0 Å². The van der Waals surface area contributed by atoms with Crippen molar-refractivity contribution in [1.82, 2.24) is 4.90 Å². The first-order valence-corrected chi connectivity index (χ1v) is 10.8. The average Bonchev–Trinajstić information content (AvgIpc) is 2.43. The van der Waals surface area contributed by atoms with Crippen LogP contribution in [0.4, 0.5) is 0 Å². The van der Waals surface area contributed by atoms with Crippen LogP contribution in [0.3, 0.4) is 0 Å². The molecule has 0 saturated carbocycles. The zero-order valence-corrected chi connectivity index (χ0v) is 16.7. The van der Waals surface area contributed by atoms with Gasteiger partial charge in [-0.1, -0.05) is 0 Å². The molecule has 1 aromatic rings. The topological polar surface area (TPSA) is 3.24 Å². The molecular formula is C16H25Cl2IN2. The van der Waals surface area contributed by atoms with Crippen molar-refractivity contribution < 1.29 is 24.2 Å². The first kappa shape index (κ1) is 17.8. The van der Waals surface area contributed by atoms with E-state index in [0.717, 1.165) is 6.54 Å². The van der Waals surface area contributed by atoms with Gasteiger partial charge in [-0.15, -0.1) is 0 Å². The Hall–Kier alpha value is 0.450. The zero-order chi connectivity index (χ0) is 15.5. The molecule has 0 bridgehead atoms. The molecule has 21 heavy (non-hydrogen) atoms. The van der Waals surface area contributed by atoms with Crippen LogP contribution in [0.25, 0.3) is 0 Å². The molecule has 2 nitrogen and oxygen atoms in total. The minimum atomic E-state index is 0.314. The Morgan fingerprint density at radius 2 is 1.90 bits per heavy atom. The van der Waals surface area contributed by atoms with Crippen LogP contribution in [-0.2, 0) is 6.54 Å². The third kappa shape index (κ3) is 4.96. The standard InChI is InChI=1S/C16H25Cl2IN2/c1-4-19-21(3)9-7-14(8-10-21)20(2)12-13-5-6-15(17)16(18)11-13/h5-6,11,14H,4,7-10,12H2,1-3H3. The number of benzene rings is 1. The molecule has 120 valence electrons. The van der Waals surface area contributed by atoms with Crippen molar-refractivity contribution in [2.75, 3.05) is 31.6 Å². The summed E-state index contributed by atoms with van der Waals surface area (Å²) in [5, 5.41) is 1.29. The fourth-order valence-corrected chi connectivity index (χ4v) is 6.20. The second-order valence-corrected chi connectivity index (χ2v) is 11.3. The van der Waals surface area contributed by atoms with Crippen molar-refractivity contribution in [3.8, 4) is 0 Å². The Bertz CT molecular complexity index is 473. The van der Waals surface area contributed by atoms with Gasteiger partial charge in [0.25, 0.3) is 0 Å². The van der Waals surface area contributed by atoms with Crippen LogP contribution in [0.2, 0.25) is 10.0 Å². The van der Waals surface area contributed by atoms with Crippen LogP contribution in [0.1, 0.15) is 25.3 Å². The molecule has 0 unspecified atom stereocenters. The molecule has 1 aliphatic heterocycles. The number of nitrogens with zero attached hydrogens (tertiary/aromatic N) is 2. The van der Waals surface area contributed by atoms with Gasteiger partial charge in [-0.2, -0.15) is 0 Å². The molecule has 0 aromatic heterocycles. The van der Waals surface area contributed by atoms with Gasteiger partial charge in [-0.05, 0) is 0 Å². The fraction of sp³-hybridized carbons (Fsp3) is 0.625. The summed E-state index contributed by atoms with van der Waals surface area (Å²) in [6.07, 6.45) is 2.63. The number of rotatable bonds is 5. The van der Waals surface area contributed by atoms with Crippen LogP contribution in [-0.4, -0.2) is 45.3 Å². The van der Waals surface area contributed by atoms with E-state index in [1.54, 1.807) is 0 Å². The molecule has 1 saturated heterocycles. The van der Waals surface area contributed by atoms with Gasteiger partial charge < -0.3 is 0 Å². The van der Waals surface area contributed by atoms with Crippen molar-refractivity contribution in [3.63, 3.8) is 0 Å². The predicted octanol–water partition coefficient (Wildman–Crippen LogP) is 1.06. The van der Waals surface area contributed by atoms with Gasteiger partial charge in [0.15, 0.2) is 0 Å². The molecule has 1 fully saturated rings. The summed E-state index contributed by atoms with van der Waals surface area (Å²) < 4.78 is 2.74. The molecule has 0 aliphatic carbocycles. The third-order valence-electron chi connectivity index (χ3n) is 4.30. The van der Waals surface area contributed by atoms with Gasteiger partial charge in [-0.25, -0.2) is 0 Å². The van der Waals surface area contributed by atoms with Gasteiger partial charge in [0, 0.05) is 0 Å². The molecule has 1 aromatic carbocycles. The fourth-order valence-electron chi connectivity index (χ4n) is 3.00. The first-order valence-electron chi connectivity index (χ1n) is 7.53. The van der Waals surface area contributed by atoms with Crippen molar-refractivity contribution >= 4 is 23.2 Å². The normalized spacial score (nSPS) is 26.5. The zero-order valence-electron chi connectivity index (χ0n) is 13.1. The van der Waals surface area contributed by atoms with E-state index in [4.69, 9.17) is 23.2 Å². The number of hydrogen-bond acceptors (Lipinski definition) is 1. The molecule has 0 spiro atoms. The van der Waals surface area contributed by atoms with Crippen LogP contribution in [0, 0.1) is 0 Å². The number of halogens is 3. The summed E-state index contributed by atoms with van der Waals surface area (Å²) in [5.74, 6) is 0. The quantitative estimate of drug-likeness (QED) is 0.374. The molecular weight excluding hydrogens is 418 g/mol. The van der Waals surface area contributed by atoms with E-state index in [-0.39, 0.29) is 0 Å². The van der Waals surface area contributed by atoms with Crippen LogP contribution < -0.4 is 21.5 Å². The third-order valence-corrected chi connectivity index (χ3v) is 8.34. The molecule has 0 radical (unpaired) electrons. The Balaban J connectivity index is 1.90. The molecule has 0 amide bonds. The maximum absolute atomic E-state index is 6.11. The summed E-state index contributed by atoms with van der Waals surface area (Å²) in [6.45, 7) is 5.97. The molecule has 0 atom stereocenters. The van der Waals surface area contributed by atoms with Crippen LogP contribution in [0.5, 0.6) is 0 Å². The Morgan fingerprint density at radius 1 is 1.24 bits per heavy atom. The summed E-state index contributed by atoms with van der Waals surface area (Å²) >= 11 is 12.4. The number of hydrogen-bond donors (Lipinski definition) is 0. The van der Waals surface area contributed by atoms with E-state index in [0.29, 0.717) is 37.6 Å². The van der Waals surface area contributed by atoms with Crippen LogP contribution >= 0.6 is 23.2 Å². The van der Waals surface area contributed by atoms with E-state index in [1.807, 2.05) is 12.1 Å². The molecule has 1 aliphatic rings. The SMILES string of the molecule is CC[I-][N+]1(C)CCC(N(C)Cc2ccc(Cl)c(Cl)c2)CC1. The average molecular weight is 443 g/mol. The van der Waals surface area contributed by atoms with Gasteiger partial charge >= 0.3 is 150 Å². The van der Waals surface area contributed by atoms with E-state index >= 15 is 0 Å².